The van der Waals surface area contributed by atoms with Crippen molar-refractivity contribution in [3.63, 3.8) is 0 Å². The molecule has 2 heterocycles. The van der Waals surface area contributed by atoms with E-state index in [4.69, 9.17) is 4.74 Å². The van der Waals surface area contributed by atoms with Crippen LogP contribution in [0.4, 0.5) is 20.6 Å². The van der Waals surface area contributed by atoms with E-state index in [1.165, 1.54) is 18.2 Å². The number of hydrogen-bond acceptors (Lipinski definition) is 3. The van der Waals surface area contributed by atoms with Crippen molar-refractivity contribution in [1.82, 2.24) is 4.90 Å². The molecule has 0 aromatic heterocycles. The van der Waals surface area contributed by atoms with Crippen molar-refractivity contribution in [3.8, 4) is 5.75 Å². The topological polar surface area (TPSA) is 61.9 Å². The van der Waals surface area contributed by atoms with Gasteiger partial charge in [-0.15, -0.1) is 0 Å². The van der Waals surface area contributed by atoms with Gasteiger partial charge in [0.2, 0.25) is 5.91 Å². The third-order valence-corrected chi connectivity index (χ3v) is 5.43. The van der Waals surface area contributed by atoms with Gasteiger partial charge in [-0.05, 0) is 48.4 Å². The molecule has 6 nitrogen and oxygen atoms in total. The predicted molar refractivity (Wildman–Crippen MR) is 99.7 cm³/mol. The number of carbonyl (C=O) groups is 2. The number of amides is 3. The zero-order valence-electron chi connectivity index (χ0n) is 15.2. The fourth-order valence-electron chi connectivity index (χ4n) is 4.01. The summed E-state index contributed by atoms with van der Waals surface area (Å²) in [6.07, 6.45) is 0.535. The van der Waals surface area contributed by atoms with Crippen molar-refractivity contribution < 1.29 is 18.7 Å². The summed E-state index contributed by atoms with van der Waals surface area (Å²) < 4.78 is 18.7. The van der Waals surface area contributed by atoms with Crippen LogP contribution in [0.15, 0.2) is 42.5 Å². The minimum atomic E-state index is -0.766. The maximum absolute atomic E-state index is 13.3. The Morgan fingerprint density at radius 1 is 1.26 bits per heavy atom. The summed E-state index contributed by atoms with van der Waals surface area (Å²) in [6.45, 7) is 0.717. The zero-order valence-corrected chi connectivity index (χ0v) is 15.2. The number of nitrogens with zero attached hydrogens (tertiary/aromatic N) is 2. The molecule has 3 amide bonds. The van der Waals surface area contributed by atoms with Crippen LogP contribution in [0, 0.1) is 5.82 Å². The third-order valence-electron chi connectivity index (χ3n) is 5.43. The van der Waals surface area contributed by atoms with E-state index in [2.05, 4.69) is 5.32 Å². The van der Waals surface area contributed by atoms with Gasteiger partial charge in [-0.25, -0.2) is 9.18 Å². The number of carbonyl (C=O) groups excluding carboxylic acids is 2. The highest BCUT2D eigenvalue weighted by molar-refractivity contribution is 6.09. The second-order valence-electron chi connectivity index (χ2n) is 6.94. The van der Waals surface area contributed by atoms with E-state index in [1.54, 1.807) is 30.0 Å². The third kappa shape index (κ3) is 2.70. The molecule has 1 spiro atoms. The molecule has 0 unspecified atom stereocenters. The van der Waals surface area contributed by atoms with Gasteiger partial charge in [-0.3, -0.25) is 4.79 Å². The van der Waals surface area contributed by atoms with Crippen molar-refractivity contribution in [2.75, 3.05) is 37.5 Å². The molecule has 7 heteroatoms. The van der Waals surface area contributed by atoms with Gasteiger partial charge in [0.05, 0.1) is 12.5 Å². The molecule has 0 saturated carbocycles. The largest absolute Gasteiger partial charge is 0.497 e. The molecule has 0 radical (unpaired) electrons. The number of benzene rings is 2. The maximum Gasteiger partial charge on any atom is 0.321 e. The molecule has 1 N–H and O–H groups in total. The van der Waals surface area contributed by atoms with E-state index < -0.39 is 11.2 Å². The zero-order chi connectivity index (χ0) is 19.2. The summed E-state index contributed by atoms with van der Waals surface area (Å²) in [7, 11) is 3.33. The smallest absolute Gasteiger partial charge is 0.321 e. The predicted octanol–water partition coefficient (Wildman–Crippen LogP) is 2.99. The first-order chi connectivity index (χ1) is 12.9. The van der Waals surface area contributed by atoms with E-state index >= 15 is 0 Å². The number of likely N-dealkylation sites (N-methyl/N-ethyl adjacent to an activating group) is 1. The Balaban J connectivity index is 1.60. The van der Waals surface area contributed by atoms with Crippen LogP contribution < -0.4 is 15.0 Å². The molecular formula is C20H20FN3O3. The van der Waals surface area contributed by atoms with Gasteiger partial charge >= 0.3 is 6.03 Å². The first-order valence-corrected chi connectivity index (χ1v) is 8.73. The standard InChI is InChI=1S/C20H20FN3O3/c1-23-17-7-6-15(27-2)11-16(17)20(18(23)25)8-9-24(12-20)19(26)22-14-5-3-4-13(21)10-14/h3-7,10-11H,8-9,12H2,1-2H3,(H,22,26)/t20-/m1/s1. The van der Waals surface area contributed by atoms with Crippen LogP contribution in [0.3, 0.4) is 0 Å². The number of halogens is 1. The highest BCUT2D eigenvalue weighted by Crippen LogP contribution is 2.48. The summed E-state index contributed by atoms with van der Waals surface area (Å²) in [4.78, 5) is 28.9. The first kappa shape index (κ1) is 17.3. The van der Waals surface area contributed by atoms with Gasteiger partial charge < -0.3 is 19.9 Å². The number of hydrogen-bond donors (Lipinski definition) is 1. The molecule has 0 bridgehead atoms. The van der Waals surface area contributed by atoms with Gasteiger partial charge in [-0.1, -0.05) is 6.07 Å². The summed E-state index contributed by atoms with van der Waals surface area (Å²) in [6, 6.07) is 11.0. The molecule has 2 aliphatic heterocycles. The van der Waals surface area contributed by atoms with Crippen molar-refractivity contribution in [1.29, 1.82) is 0 Å². The average Bonchev–Trinajstić information content (AvgIpc) is 3.20. The molecule has 27 heavy (non-hydrogen) atoms. The number of nitrogens with one attached hydrogen (secondary N) is 1. The number of urea groups is 1. The Morgan fingerprint density at radius 3 is 2.81 bits per heavy atom. The Hall–Kier alpha value is -3.09. The van der Waals surface area contributed by atoms with Crippen LogP contribution in [0.1, 0.15) is 12.0 Å². The highest BCUT2D eigenvalue weighted by Gasteiger charge is 2.54. The molecule has 2 aliphatic rings. The quantitative estimate of drug-likeness (QED) is 0.885. The molecule has 4 rings (SSSR count). The molecule has 2 aromatic carbocycles. The van der Waals surface area contributed by atoms with Crippen LogP contribution in [-0.2, 0) is 10.2 Å². The van der Waals surface area contributed by atoms with Crippen LogP contribution in [0.25, 0.3) is 0 Å². The second-order valence-corrected chi connectivity index (χ2v) is 6.94. The van der Waals surface area contributed by atoms with E-state index in [1.807, 2.05) is 18.2 Å². The van der Waals surface area contributed by atoms with Crippen LogP contribution in [-0.4, -0.2) is 44.1 Å². The van der Waals surface area contributed by atoms with E-state index in [0.717, 1.165) is 11.3 Å². The molecule has 1 saturated heterocycles. The molecular weight excluding hydrogens is 349 g/mol. The van der Waals surface area contributed by atoms with E-state index in [0.29, 0.717) is 24.4 Å². The lowest BCUT2D eigenvalue weighted by Crippen LogP contribution is -2.42. The molecule has 1 atom stereocenters. The monoisotopic (exact) mass is 369 g/mol. The van der Waals surface area contributed by atoms with Crippen molar-refractivity contribution >= 4 is 23.3 Å². The first-order valence-electron chi connectivity index (χ1n) is 8.73. The lowest BCUT2D eigenvalue weighted by Gasteiger charge is -2.24. The number of anilines is 2. The lowest BCUT2D eigenvalue weighted by atomic mass is 9.81. The fraction of sp³-hybridized carbons (Fsp3) is 0.300. The fourth-order valence-corrected chi connectivity index (χ4v) is 4.01. The molecule has 140 valence electrons. The summed E-state index contributed by atoms with van der Waals surface area (Å²) in [5, 5.41) is 2.70. The maximum atomic E-state index is 13.3. The normalized spacial score (nSPS) is 20.9. The van der Waals surface area contributed by atoms with Crippen molar-refractivity contribution in [2.24, 2.45) is 0 Å². The Labute approximate surface area is 156 Å². The molecule has 2 aromatic rings. The van der Waals surface area contributed by atoms with Crippen LogP contribution >= 0.6 is 0 Å². The minimum Gasteiger partial charge on any atom is -0.497 e. The molecule has 0 aliphatic carbocycles. The van der Waals surface area contributed by atoms with Gasteiger partial charge in [0.1, 0.15) is 11.6 Å². The Morgan fingerprint density at radius 2 is 2.07 bits per heavy atom. The number of methoxy groups -OCH3 is 1. The molecule has 1 fully saturated rings. The van der Waals surface area contributed by atoms with E-state index in [-0.39, 0.29) is 18.5 Å². The van der Waals surface area contributed by atoms with Crippen molar-refractivity contribution in [2.45, 2.75) is 11.8 Å². The van der Waals surface area contributed by atoms with Gasteiger partial charge in [0, 0.05) is 31.5 Å². The number of ether oxygens (including phenoxy) is 1. The summed E-state index contributed by atoms with van der Waals surface area (Å²) >= 11 is 0. The lowest BCUT2D eigenvalue weighted by molar-refractivity contribution is -0.122. The number of rotatable bonds is 2. The minimum absolute atomic E-state index is 0.0215. The second kappa shape index (κ2) is 6.26. The van der Waals surface area contributed by atoms with E-state index in [9.17, 15) is 14.0 Å². The van der Waals surface area contributed by atoms with Crippen LogP contribution in [0.5, 0.6) is 5.75 Å². The number of fused-ring (bicyclic) bond motifs is 2. The highest BCUT2D eigenvalue weighted by atomic mass is 19.1. The van der Waals surface area contributed by atoms with Crippen LogP contribution in [0.2, 0.25) is 0 Å². The summed E-state index contributed by atoms with van der Waals surface area (Å²) in [5.74, 6) is 0.241. The van der Waals surface area contributed by atoms with Crippen molar-refractivity contribution in [3.05, 3.63) is 53.8 Å². The van der Waals surface area contributed by atoms with Gasteiger partial charge in [-0.2, -0.15) is 0 Å². The Bertz CT molecular complexity index is 932. The Kier molecular flexibility index (Phi) is 4.02. The number of likely N-dealkylation sites (tertiary alicyclic amines) is 1. The average molecular weight is 369 g/mol. The SMILES string of the molecule is COc1ccc2c(c1)[C@]1(CCN(C(=O)Nc3cccc(F)c3)C1)C(=O)N2C. The summed E-state index contributed by atoms with van der Waals surface area (Å²) in [5.41, 5.74) is 1.35. The van der Waals surface area contributed by atoms with Gasteiger partial charge in [0.15, 0.2) is 0 Å². The van der Waals surface area contributed by atoms with Gasteiger partial charge in [0.25, 0.3) is 0 Å².